The minimum atomic E-state index is -0.790. The van der Waals surface area contributed by atoms with Crippen LogP contribution in [0.2, 0.25) is 5.02 Å². The maximum absolute atomic E-state index is 14.0. The van der Waals surface area contributed by atoms with Gasteiger partial charge in [0.25, 0.3) is 5.56 Å². The maximum atomic E-state index is 14.0. The molecule has 3 heterocycles. The summed E-state index contributed by atoms with van der Waals surface area (Å²) in [4.78, 5) is 72.5. The number of hydrogen-bond acceptors (Lipinski definition) is 9. The SMILES string of the molecule is COc1cc2nc(CCn3c(=O)n4n(c3=O)C3CC5=C(C(=O)C(I)=CC5=O)C(c5ccc(O)cc5Cl)C3=CC4)c(=O)n(C)c2cc1OC. The van der Waals surface area contributed by atoms with Gasteiger partial charge in [-0.1, -0.05) is 23.7 Å². The number of halogens is 2. The summed E-state index contributed by atoms with van der Waals surface area (Å²) in [7, 11) is 4.58. The van der Waals surface area contributed by atoms with Crippen LogP contribution in [-0.2, 0) is 36.1 Å². The van der Waals surface area contributed by atoms with Crippen LogP contribution in [0.5, 0.6) is 17.2 Å². The van der Waals surface area contributed by atoms with Crippen molar-refractivity contribution in [1.29, 1.82) is 0 Å². The fraction of sp³-hybridized carbons (Fsp3) is 0.273. The van der Waals surface area contributed by atoms with Gasteiger partial charge in [-0.2, -0.15) is 0 Å². The van der Waals surface area contributed by atoms with E-state index in [-0.39, 0.29) is 74.2 Å². The summed E-state index contributed by atoms with van der Waals surface area (Å²) in [6.07, 6.45) is 3.06. The Bertz CT molecular complexity index is 2400. The molecular weight excluding hydrogens is 757 g/mol. The molecule has 0 radical (unpaired) electrons. The Morgan fingerprint density at radius 2 is 1.77 bits per heavy atom. The summed E-state index contributed by atoms with van der Waals surface area (Å²) in [5.41, 5.74) is 1.19. The van der Waals surface area contributed by atoms with Crippen molar-refractivity contribution in [2.24, 2.45) is 7.05 Å². The van der Waals surface area contributed by atoms with E-state index in [9.17, 15) is 29.1 Å². The van der Waals surface area contributed by atoms with Gasteiger partial charge in [0.15, 0.2) is 23.1 Å². The molecule has 2 aliphatic carbocycles. The van der Waals surface area contributed by atoms with Crippen molar-refractivity contribution in [3.63, 3.8) is 0 Å². The van der Waals surface area contributed by atoms with Crippen molar-refractivity contribution in [2.75, 3.05) is 14.2 Å². The molecule has 48 heavy (non-hydrogen) atoms. The first kappa shape index (κ1) is 31.9. The van der Waals surface area contributed by atoms with Gasteiger partial charge in [0.05, 0.1) is 41.4 Å². The molecule has 4 aromatic rings. The van der Waals surface area contributed by atoms with Gasteiger partial charge in [0, 0.05) is 66.7 Å². The highest BCUT2D eigenvalue weighted by molar-refractivity contribution is 14.1. The normalized spacial score (nSPS) is 18.7. The third kappa shape index (κ3) is 4.79. The van der Waals surface area contributed by atoms with Crippen LogP contribution < -0.4 is 26.4 Å². The third-order valence-electron chi connectivity index (χ3n) is 9.20. The van der Waals surface area contributed by atoms with Crippen molar-refractivity contribution in [2.45, 2.75) is 37.9 Å². The largest absolute Gasteiger partial charge is 0.508 e. The van der Waals surface area contributed by atoms with Crippen LogP contribution in [0.4, 0.5) is 0 Å². The van der Waals surface area contributed by atoms with E-state index in [2.05, 4.69) is 4.98 Å². The van der Waals surface area contributed by atoms with Crippen molar-refractivity contribution in [3.8, 4) is 17.2 Å². The standard InChI is InChI=1S/C33H27ClIN5O8/c1-37-24-14-27(48-3)26(47-2)13-22(24)36-21(31(37)44)7-8-38-32(45)39-9-6-17-23(40(39)33(38)46)11-18-25(42)12-20(35)30(43)29(18)28(17)16-5-4-15(41)10-19(16)34/h4-6,10,12-14,23,28,41H,7-9,11H2,1-3H3. The number of phenols is 1. The van der Waals surface area contributed by atoms with Gasteiger partial charge in [0.1, 0.15) is 11.4 Å². The minimum absolute atomic E-state index is 0.0137. The predicted octanol–water partition coefficient (Wildman–Crippen LogP) is 3.11. The van der Waals surface area contributed by atoms with Gasteiger partial charge in [-0.05, 0) is 45.9 Å². The number of carbonyl (C=O) groups excluding carboxylic acids is 2. The van der Waals surface area contributed by atoms with E-state index in [1.165, 1.54) is 46.4 Å². The van der Waals surface area contributed by atoms with E-state index in [0.717, 1.165) is 4.57 Å². The molecule has 2 atom stereocenters. The lowest BCUT2D eigenvalue weighted by atomic mass is 9.69. The number of carbonyl (C=O) groups is 2. The average Bonchev–Trinajstić information content (AvgIpc) is 3.31. The van der Waals surface area contributed by atoms with Crippen molar-refractivity contribution < 1.29 is 24.2 Å². The van der Waals surface area contributed by atoms with Crippen LogP contribution in [0.1, 0.15) is 29.6 Å². The molecule has 0 spiro atoms. The lowest BCUT2D eigenvalue weighted by Crippen LogP contribution is -2.40. The molecule has 1 N–H and O–H groups in total. The second-order valence-electron chi connectivity index (χ2n) is 11.7. The van der Waals surface area contributed by atoms with Crippen molar-refractivity contribution in [3.05, 3.63) is 110 Å². The molecule has 246 valence electrons. The van der Waals surface area contributed by atoms with E-state index in [1.54, 1.807) is 31.3 Å². The molecule has 0 bridgehead atoms. The number of allylic oxidation sites excluding steroid dienone is 6. The summed E-state index contributed by atoms with van der Waals surface area (Å²) in [6, 6.07) is 6.93. The monoisotopic (exact) mass is 783 g/mol. The number of aryl methyl sites for hydroxylation is 2. The molecule has 15 heteroatoms. The van der Waals surface area contributed by atoms with Gasteiger partial charge in [0.2, 0.25) is 0 Å². The molecule has 0 saturated heterocycles. The van der Waals surface area contributed by atoms with Gasteiger partial charge < -0.3 is 19.1 Å². The fourth-order valence-electron chi connectivity index (χ4n) is 6.90. The highest BCUT2D eigenvalue weighted by Gasteiger charge is 2.45. The Morgan fingerprint density at radius 3 is 2.48 bits per heavy atom. The number of methoxy groups -OCH3 is 2. The Balaban J connectivity index is 1.30. The molecule has 0 saturated carbocycles. The zero-order chi connectivity index (χ0) is 34.2. The second-order valence-corrected chi connectivity index (χ2v) is 13.2. The first-order chi connectivity index (χ1) is 22.9. The first-order valence-electron chi connectivity index (χ1n) is 14.9. The molecule has 2 unspecified atom stereocenters. The molecule has 1 aliphatic heterocycles. The van der Waals surface area contributed by atoms with E-state index >= 15 is 0 Å². The maximum Gasteiger partial charge on any atom is 0.347 e. The third-order valence-corrected chi connectivity index (χ3v) is 10.3. The lowest BCUT2D eigenvalue weighted by molar-refractivity contribution is -0.115. The summed E-state index contributed by atoms with van der Waals surface area (Å²) in [5.74, 6) is -0.658. The predicted molar refractivity (Wildman–Crippen MR) is 183 cm³/mol. The average molecular weight is 784 g/mol. The number of hydrogen-bond donors (Lipinski definition) is 1. The number of fused-ring (bicyclic) bond motifs is 4. The van der Waals surface area contributed by atoms with Gasteiger partial charge in [-0.25, -0.2) is 28.5 Å². The smallest absolute Gasteiger partial charge is 0.347 e. The number of phenolic OH excluding ortho intramolecular Hbond substituents is 1. The van der Waals surface area contributed by atoms with Crippen LogP contribution >= 0.6 is 34.2 Å². The molecule has 13 nitrogen and oxygen atoms in total. The van der Waals surface area contributed by atoms with Crippen molar-refractivity contribution in [1.82, 2.24) is 23.5 Å². The van der Waals surface area contributed by atoms with Gasteiger partial charge >= 0.3 is 11.4 Å². The number of aromatic hydroxyl groups is 1. The van der Waals surface area contributed by atoms with Crippen LogP contribution in [0.3, 0.4) is 0 Å². The quantitative estimate of drug-likeness (QED) is 0.176. The number of benzene rings is 2. The van der Waals surface area contributed by atoms with E-state index in [0.29, 0.717) is 33.7 Å². The topological polar surface area (TPSA) is 157 Å². The fourth-order valence-corrected chi connectivity index (χ4v) is 7.76. The van der Waals surface area contributed by atoms with Crippen LogP contribution in [0.15, 0.2) is 77.2 Å². The Hall–Kier alpha value is -4.70. The number of ketones is 2. The summed E-state index contributed by atoms with van der Waals surface area (Å²) >= 11 is 8.44. The van der Waals surface area contributed by atoms with Crippen LogP contribution in [0, 0.1) is 0 Å². The first-order valence-corrected chi connectivity index (χ1v) is 16.3. The summed E-state index contributed by atoms with van der Waals surface area (Å²) in [6.45, 7) is -0.109. The van der Waals surface area contributed by atoms with Crippen LogP contribution in [-0.4, -0.2) is 54.4 Å². The summed E-state index contributed by atoms with van der Waals surface area (Å²) in [5, 5.41) is 10.2. The Morgan fingerprint density at radius 1 is 1.04 bits per heavy atom. The number of Topliss-reactive ketones (excluding diaryl/α,β-unsaturated/α-hetero) is 1. The highest BCUT2D eigenvalue weighted by atomic mass is 127. The van der Waals surface area contributed by atoms with Crippen LogP contribution in [0.25, 0.3) is 11.0 Å². The zero-order valence-electron chi connectivity index (χ0n) is 25.8. The summed E-state index contributed by atoms with van der Waals surface area (Å²) < 4.78 is 16.1. The number of aromatic nitrogens is 5. The highest BCUT2D eigenvalue weighted by Crippen LogP contribution is 2.51. The van der Waals surface area contributed by atoms with E-state index in [1.807, 2.05) is 22.6 Å². The number of rotatable bonds is 6. The molecule has 2 aromatic heterocycles. The molecule has 2 aromatic carbocycles. The zero-order valence-corrected chi connectivity index (χ0v) is 28.7. The molecule has 3 aliphatic rings. The molecule has 0 amide bonds. The lowest BCUT2D eigenvalue weighted by Gasteiger charge is -2.39. The number of nitrogens with zero attached hydrogens (tertiary/aromatic N) is 5. The molecule has 0 fully saturated rings. The number of ether oxygens (including phenoxy) is 2. The van der Waals surface area contributed by atoms with E-state index in [4.69, 9.17) is 21.1 Å². The molecule has 7 rings (SSSR count). The van der Waals surface area contributed by atoms with Gasteiger partial charge in [-0.3, -0.25) is 14.4 Å². The molecular formula is C33H27ClIN5O8. The van der Waals surface area contributed by atoms with Gasteiger partial charge in [-0.15, -0.1) is 0 Å². The Kier molecular flexibility index (Phi) is 7.82. The minimum Gasteiger partial charge on any atom is -0.508 e. The second kappa shape index (κ2) is 11.8. The van der Waals surface area contributed by atoms with E-state index < -0.39 is 23.3 Å². The Labute approximate surface area is 290 Å². The van der Waals surface area contributed by atoms with Crippen molar-refractivity contribution >= 4 is 56.8 Å².